The fourth-order valence-corrected chi connectivity index (χ4v) is 1.03. The second kappa shape index (κ2) is 8.16. The SMILES string of the molecule is C#CC(C)NC(=O)NC(=O)CCCCC(=O)O. The van der Waals surface area contributed by atoms with E-state index in [1.165, 1.54) is 0 Å². The summed E-state index contributed by atoms with van der Waals surface area (Å²) in [5.74, 6) is 0.941. The number of rotatable bonds is 6. The molecule has 0 bridgehead atoms. The zero-order valence-electron chi connectivity index (χ0n) is 9.66. The van der Waals surface area contributed by atoms with E-state index in [-0.39, 0.29) is 12.8 Å². The second-order valence-electron chi connectivity index (χ2n) is 3.51. The van der Waals surface area contributed by atoms with Crippen LogP contribution < -0.4 is 10.6 Å². The van der Waals surface area contributed by atoms with Crippen LogP contribution in [0.5, 0.6) is 0 Å². The summed E-state index contributed by atoms with van der Waals surface area (Å²) in [5.41, 5.74) is 0. The molecule has 0 heterocycles. The maximum atomic E-state index is 11.2. The van der Waals surface area contributed by atoms with Gasteiger partial charge in [-0.05, 0) is 19.8 Å². The number of carbonyl (C=O) groups excluding carboxylic acids is 2. The van der Waals surface area contributed by atoms with E-state index in [4.69, 9.17) is 11.5 Å². The van der Waals surface area contributed by atoms with E-state index in [1.54, 1.807) is 6.92 Å². The molecule has 17 heavy (non-hydrogen) atoms. The quantitative estimate of drug-likeness (QED) is 0.464. The monoisotopic (exact) mass is 240 g/mol. The molecule has 0 saturated carbocycles. The number of hydrogen-bond donors (Lipinski definition) is 3. The topological polar surface area (TPSA) is 95.5 Å². The molecule has 0 fully saturated rings. The van der Waals surface area contributed by atoms with E-state index in [9.17, 15) is 14.4 Å². The second-order valence-corrected chi connectivity index (χ2v) is 3.51. The van der Waals surface area contributed by atoms with E-state index < -0.39 is 23.9 Å². The Labute approximate surface area is 99.8 Å². The number of unbranched alkanes of at least 4 members (excludes halogenated alkanes) is 1. The van der Waals surface area contributed by atoms with Crippen molar-refractivity contribution in [3.05, 3.63) is 0 Å². The fraction of sp³-hybridized carbons (Fsp3) is 0.545. The molecule has 6 heteroatoms. The smallest absolute Gasteiger partial charge is 0.322 e. The molecular formula is C11H16N2O4. The van der Waals surface area contributed by atoms with E-state index in [0.29, 0.717) is 12.8 Å². The summed E-state index contributed by atoms with van der Waals surface area (Å²) < 4.78 is 0. The van der Waals surface area contributed by atoms with Crippen LogP contribution in [0, 0.1) is 12.3 Å². The van der Waals surface area contributed by atoms with Gasteiger partial charge in [0.05, 0.1) is 6.04 Å². The number of carbonyl (C=O) groups is 3. The highest BCUT2D eigenvalue weighted by Crippen LogP contribution is 1.99. The fourth-order valence-electron chi connectivity index (χ4n) is 1.03. The van der Waals surface area contributed by atoms with Crippen molar-refractivity contribution in [2.45, 2.75) is 38.6 Å². The standard InChI is InChI=1S/C11H16N2O4/c1-3-8(2)12-11(17)13-9(14)6-4-5-7-10(15)16/h1,8H,4-7H2,2H3,(H,15,16)(H2,12,13,14,17). The van der Waals surface area contributed by atoms with E-state index in [1.807, 2.05) is 0 Å². The molecule has 6 nitrogen and oxygen atoms in total. The van der Waals surface area contributed by atoms with Gasteiger partial charge in [-0.1, -0.05) is 5.92 Å². The van der Waals surface area contributed by atoms with Gasteiger partial charge in [0.25, 0.3) is 0 Å². The molecule has 0 rings (SSSR count). The lowest BCUT2D eigenvalue weighted by molar-refractivity contribution is -0.137. The van der Waals surface area contributed by atoms with E-state index >= 15 is 0 Å². The van der Waals surface area contributed by atoms with Crippen LogP contribution in [0.15, 0.2) is 0 Å². The van der Waals surface area contributed by atoms with Crippen LogP contribution in [-0.2, 0) is 9.59 Å². The van der Waals surface area contributed by atoms with Gasteiger partial charge in [0.15, 0.2) is 0 Å². The van der Waals surface area contributed by atoms with Crippen LogP contribution in [0.25, 0.3) is 0 Å². The molecule has 3 N–H and O–H groups in total. The van der Waals surface area contributed by atoms with Crippen LogP contribution in [-0.4, -0.2) is 29.1 Å². The molecule has 0 aliphatic carbocycles. The van der Waals surface area contributed by atoms with Crippen molar-refractivity contribution in [2.24, 2.45) is 0 Å². The average Bonchev–Trinajstić information content (AvgIpc) is 2.23. The number of urea groups is 1. The maximum Gasteiger partial charge on any atom is 0.322 e. The third-order valence-electron chi connectivity index (χ3n) is 1.90. The Morgan fingerprint density at radius 3 is 2.41 bits per heavy atom. The van der Waals surface area contributed by atoms with Gasteiger partial charge in [0, 0.05) is 12.8 Å². The van der Waals surface area contributed by atoms with Crippen LogP contribution >= 0.6 is 0 Å². The molecule has 3 amide bonds. The molecule has 0 aliphatic rings. The summed E-state index contributed by atoms with van der Waals surface area (Å²) in [7, 11) is 0. The lowest BCUT2D eigenvalue weighted by Gasteiger charge is -2.08. The summed E-state index contributed by atoms with van der Waals surface area (Å²) >= 11 is 0. The van der Waals surface area contributed by atoms with Crippen LogP contribution in [0.1, 0.15) is 32.6 Å². The summed E-state index contributed by atoms with van der Waals surface area (Å²) in [6.45, 7) is 1.61. The number of imide groups is 1. The van der Waals surface area contributed by atoms with Crippen molar-refractivity contribution in [1.82, 2.24) is 10.6 Å². The summed E-state index contributed by atoms with van der Waals surface area (Å²) in [6, 6.07) is -1.09. The summed E-state index contributed by atoms with van der Waals surface area (Å²) in [5, 5.41) is 12.8. The minimum atomic E-state index is -0.897. The number of nitrogens with one attached hydrogen (secondary N) is 2. The Bertz CT molecular complexity index is 333. The van der Waals surface area contributed by atoms with Crippen molar-refractivity contribution in [2.75, 3.05) is 0 Å². The third-order valence-corrected chi connectivity index (χ3v) is 1.90. The van der Waals surface area contributed by atoms with Gasteiger partial charge < -0.3 is 10.4 Å². The third kappa shape index (κ3) is 8.93. The van der Waals surface area contributed by atoms with Gasteiger partial charge in [0.2, 0.25) is 5.91 Å². The van der Waals surface area contributed by atoms with Crippen molar-refractivity contribution >= 4 is 17.9 Å². The molecule has 94 valence electrons. The van der Waals surface area contributed by atoms with Gasteiger partial charge >= 0.3 is 12.0 Å². The highest BCUT2D eigenvalue weighted by atomic mass is 16.4. The predicted molar refractivity (Wildman–Crippen MR) is 61.1 cm³/mol. The number of carboxylic acids is 1. The first-order valence-corrected chi connectivity index (χ1v) is 5.24. The molecule has 0 aromatic carbocycles. The first kappa shape index (κ1) is 15.0. The molecule has 0 saturated heterocycles. The predicted octanol–water partition coefficient (Wildman–Crippen LogP) is 0.479. The highest BCUT2D eigenvalue weighted by Gasteiger charge is 2.09. The Kier molecular flexibility index (Phi) is 7.19. The van der Waals surface area contributed by atoms with Crippen molar-refractivity contribution < 1.29 is 19.5 Å². The van der Waals surface area contributed by atoms with Crippen molar-refractivity contribution in [1.29, 1.82) is 0 Å². The number of hydrogen-bond acceptors (Lipinski definition) is 3. The minimum absolute atomic E-state index is 0.0214. The Hall–Kier alpha value is -2.03. The number of terminal acetylenes is 1. The van der Waals surface area contributed by atoms with Gasteiger partial charge in [-0.2, -0.15) is 0 Å². The van der Waals surface area contributed by atoms with Gasteiger partial charge in [-0.25, -0.2) is 4.79 Å². The minimum Gasteiger partial charge on any atom is -0.481 e. The molecule has 0 radical (unpaired) electrons. The summed E-state index contributed by atoms with van der Waals surface area (Å²) in [4.78, 5) is 32.5. The van der Waals surface area contributed by atoms with E-state index in [0.717, 1.165) is 0 Å². The number of amides is 3. The Morgan fingerprint density at radius 1 is 1.29 bits per heavy atom. The molecule has 0 spiro atoms. The van der Waals surface area contributed by atoms with Gasteiger partial charge in [0.1, 0.15) is 0 Å². The van der Waals surface area contributed by atoms with Gasteiger partial charge in [-0.3, -0.25) is 14.9 Å². The number of carboxylic acid groups (broad SMARTS) is 1. The van der Waals surface area contributed by atoms with Crippen molar-refractivity contribution in [3.63, 3.8) is 0 Å². The largest absolute Gasteiger partial charge is 0.481 e. The lowest BCUT2D eigenvalue weighted by atomic mass is 10.2. The van der Waals surface area contributed by atoms with Crippen LogP contribution in [0.4, 0.5) is 4.79 Å². The average molecular weight is 240 g/mol. The normalized spacial score (nSPS) is 11.1. The summed E-state index contributed by atoms with van der Waals surface area (Å²) in [6.07, 6.45) is 6.02. The molecule has 0 aromatic heterocycles. The zero-order chi connectivity index (χ0) is 13.3. The first-order chi connectivity index (χ1) is 7.95. The molecule has 1 unspecified atom stereocenters. The van der Waals surface area contributed by atoms with Crippen LogP contribution in [0.3, 0.4) is 0 Å². The highest BCUT2D eigenvalue weighted by molar-refractivity contribution is 5.94. The maximum absolute atomic E-state index is 11.2. The molecule has 0 aliphatic heterocycles. The van der Waals surface area contributed by atoms with E-state index in [2.05, 4.69) is 16.6 Å². The molecule has 1 atom stereocenters. The molecule has 0 aromatic rings. The lowest BCUT2D eigenvalue weighted by Crippen LogP contribution is -2.42. The van der Waals surface area contributed by atoms with Crippen LogP contribution in [0.2, 0.25) is 0 Å². The first-order valence-electron chi connectivity index (χ1n) is 5.24. The molecular weight excluding hydrogens is 224 g/mol. The zero-order valence-corrected chi connectivity index (χ0v) is 9.66. The van der Waals surface area contributed by atoms with Crippen molar-refractivity contribution in [3.8, 4) is 12.3 Å². The van der Waals surface area contributed by atoms with Gasteiger partial charge in [-0.15, -0.1) is 6.42 Å². The Balaban J connectivity index is 3.69. The Morgan fingerprint density at radius 2 is 1.88 bits per heavy atom. The number of aliphatic carboxylic acids is 1.